The van der Waals surface area contributed by atoms with Crippen LogP contribution in [-0.4, -0.2) is 33.6 Å². The van der Waals surface area contributed by atoms with E-state index in [2.05, 4.69) is 9.71 Å². The van der Waals surface area contributed by atoms with E-state index < -0.39 is 16.2 Å². The molecule has 8 heteroatoms. The van der Waals surface area contributed by atoms with Gasteiger partial charge in [0, 0.05) is 6.61 Å². The first kappa shape index (κ1) is 14.5. The lowest BCUT2D eigenvalue weighted by Crippen LogP contribution is -2.16. The number of carbonyl (C=O) groups excluding carboxylic acids is 1. The van der Waals surface area contributed by atoms with Crippen LogP contribution in [0.4, 0.5) is 10.5 Å². The van der Waals surface area contributed by atoms with Crippen molar-refractivity contribution in [1.29, 1.82) is 0 Å². The molecule has 2 rings (SSSR count). The Balaban J connectivity index is 2.28. The highest BCUT2D eigenvalue weighted by molar-refractivity contribution is 8.01. The van der Waals surface area contributed by atoms with Gasteiger partial charge in [0.25, 0.3) is 0 Å². The van der Waals surface area contributed by atoms with Gasteiger partial charge in [-0.05, 0) is 25.0 Å². The third-order valence-corrected chi connectivity index (χ3v) is 3.48. The SMILES string of the molecule is NC1=NC(=O)S(=O)Nc2cccc(OCCCCO)c21. The van der Waals surface area contributed by atoms with Gasteiger partial charge < -0.3 is 15.6 Å². The Labute approximate surface area is 118 Å². The Morgan fingerprint density at radius 2 is 2.20 bits per heavy atom. The minimum atomic E-state index is -1.95. The van der Waals surface area contributed by atoms with Crippen molar-refractivity contribution < 1.29 is 18.8 Å². The quantitative estimate of drug-likeness (QED) is 0.694. The van der Waals surface area contributed by atoms with E-state index in [-0.39, 0.29) is 12.4 Å². The van der Waals surface area contributed by atoms with Gasteiger partial charge in [0.05, 0.1) is 17.9 Å². The number of aliphatic hydroxyl groups is 1. The minimum absolute atomic E-state index is 0.0268. The molecule has 20 heavy (non-hydrogen) atoms. The van der Waals surface area contributed by atoms with E-state index in [0.29, 0.717) is 36.4 Å². The molecule has 0 bridgehead atoms. The summed E-state index contributed by atoms with van der Waals surface area (Å²) >= 11 is 0. The van der Waals surface area contributed by atoms with Crippen molar-refractivity contribution in [2.24, 2.45) is 10.7 Å². The Morgan fingerprint density at radius 1 is 1.40 bits per heavy atom. The molecule has 7 nitrogen and oxygen atoms in total. The number of aliphatic hydroxyl groups excluding tert-OH is 1. The molecule has 1 aliphatic heterocycles. The van der Waals surface area contributed by atoms with Gasteiger partial charge >= 0.3 is 5.24 Å². The zero-order chi connectivity index (χ0) is 14.5. The second-order valence-corrected chi connectivity index (χ2v) is 5.18. The largest absolute Gasteiger partial charge is 0.493 e. The summed E-state index contributed by atoms with van der Waals surface area (Å²) in [7, 11) is -1.95. The van der Waals surface area contributed by atoms with Crippen LogP contribution in [-0.2, 0) is 11.0 Å². The maximum atomic E-state index is 11.6. The number of amidine groups is 1. The van der Waals surface area contributed by atoms with Crippen LogP contribution in [0, 0.1) is 0 Å². The molecule has 1 unspecified atom stereocenters. The highest BCUT2D eigenvalue weighted by Gasteiger charge is 2.23. The van der Waals surface area contributed by atoms with Crippen LogP contribution in [0.3, 0.4) is 0 Å². The molecular formula is C12H15N3O4S. The Kier molecular flexibility index (Phi) is 4.70. The van der Waals surface area contributed by atoms with Crippen LogP contribution >= 0.6 is 0 Å². The molecule has 108 valence electrons. The van der Waals surface area contributed by atoms with Gasteiger partial charge in [-0.3, -0.25) is 9.52 Å². The average molecular weight is 297 g/mol. The maximum absolute atomic E-state index is 11.6. The molecule has 0 radical (unpaired) electrons. The number of ether oxygens (including phenoxy) is 1. The van der Waals surface area contributed by atoms with E-state index in [0.717, 1.165) is 0 Å². The third-order valence-electron chi connectivity index (χ3n) is 2.67. The van der Waals surface area contributed by atoms with Crippen LogP contribution in [0.25, 0.3) is 0 Å². The van der Waals surface area contributed by atoms with Crippen molar-refractivity contribution in [3.63, 3.8) is 0 Å². The fourth-order valence-corrected chi connectivity index (χ4v) is 2.37. The first-order valence-corrected chi connectivity index (χ1v) is 7.22. The standard InChI is InChI=1S/C12H15N3O4S/c13-11-10-8(15-20(18)12(17)14-11)4-3-5-9(10)19-7-2-1-6-16/h3-5,15-16H,1-2,6-7H2,(H2,13,14,17). The van der Waals surface area contributed by atoms with Gasteiger partial charge in [-0.15, -0.1) is 0 Å². The normalized spacial score (nSPS) is 17.8. The molecule has 0 saturated heterocycles. The van der Waals surface area contributed by atoms with Gasteiger partial charge in [0.15, 0.2) is 0 Å². The average Bonchev–Trinajstić information content (AvgIpc) is 2.53. The molecule has 0 saturated carbocycles. The van der Waals surface area contributed by atoms with Crippen LogP contribution in [0.1, 0.15) is 18.4 Å². The molecule has 0 spiro atoms. The summed E-state index contributed by atoms with van der Waals surface area (Å²) < 4.78 is 19.7. The summed E-state index contributed by atoms with van der Waals surface area (Å²) in [5.74, 6) is 0.432. The summed E-state index contributed by atoms with van der Waals surface area (Å²) in [6.07, 6.45) is 1.33. The first-order chi connectivity index (χ1) is 9.63. The summed E-state index contributed by atoms with van der Waals surface area (Å²) in [6.45, 7) is 0.510. The number of nitrogens with zero attached hydrogens (tertiary/aromatic N) is 1. The van der Waals surface area contributed by atoms with Gasteiger partial charge in [-0.1, -0.05) is 6.07 Å². The second kappa shape index (κ2) is 6.49. The van der Waals surface area contributed by atoms with Gasteiger partial charge in [0.2, 0.25) is 11.0 Å². The molecule has 1 amide bonds. The van der Waals surface area contributed by atoms with Gasteiger partial charge in [-0.25, -0.2) is 4.21 Å². The van der Waals surface area contributed by atoms with E-state index in [1.54, 1.807) is 18.2 Å². The predicted molar refractivity (Wildman–Crippen MR) is 76.1 cm³/mol. The number of hydrogen-bond acceptors (Lipinski definition) is 5. The number of aliphatic imine (C=N–C) groups is 1. The van der Waals surface area contributed by atoms with Crippen molar-refractivity contribution in [2.75, 3.05) is 17.9 Å². The predicted octanol–water partition coefficient (Wildman–Crippen LogP) is 0.752. The van der Waals surface area contributed by atoms with E-state index >= 15 is 0 Å². The van der Waals surface area contributed by atoms with Crippen LogP contribution in [0.5, 0.6) is 5.75 Å². The number of hydrogen-bond donors (Lipinski definition) is 3. The lowest BCUT2D eigenvalue weighted by Gasteiger charge is -2.13. The molecule has 0 fully saturated rings. The molecule has 1 atom stereocenters. The second-order valence-electron chi connectivity index (χ2n) is 4.09. The van der Waals surface area contributed by atoms with Crippen LogP contribution in [0.2, 0.25) is 0 Å². The van der Waals surface area contributed by atoms with Crippen molar-refractivity contribution in [3.05, 3.63) is 23.8 Å². The van der Waals surface area contributed by atoms with Gasteiger partial charge in [-0.2, -0.15) is 4.99 Å². The summed E-state index contributed by atoms with van der Waals surface area (Å²) in [5, 5.41) is 7.89. The fraction of sp³-hybridized carbons (Fsp3) is 0.333. The monoisotopic (exact) mass is 297 g/mol. The molecule has 1 aromatic carbocycles. The molecule has 0 aromatic heterocycles. The summed E-state index contributed by atoms with van der Waals surface area (Å²) in [4.78, 5) is 15.0. The van der Waals surface area contributed by atoms with Crippen LogP contribution in [0.15, 0.2) is 23.2 Å². The van der Waals surface area contributed by atoms with Crippen LogP contribution < -0.4 is 15.2 Å². The fourth-order valence-electron chi connectivity index (χ4n) is 1.74. The number of rotatable bonds is 5. The molecule has 0 aliphatic carbocycles. The van der Waals surface area contributed by atoms with E-state index in [1.165, 1.54) is 0 Å². The van der Waals surface area contributed by atoms with Crippen molar-refractivity contribution in [2.45, 2.75) is 12.8 Å². The maximum Gasteiger partial charge on any atom is 0.357 e. The number of unbranched alkanes of at least 4 members (excludes halogenated alkanes) is 1. The highest BCUT2D eigenvalue weighted by atomic mass is 32.2. The van der Waals surface area contributed by atoms with E-state index in [9.17, 15) is 9.00 Å². The van der Waals surface area contributed by atoms with Crippen molar-refractivity contribution in [3.8, 4) is 5.75 Å². The van der Waals surface area contributed by atoms with Crippen molar-refractivity contribution >= 4 is 27.7 Å². The number of benzene rings is 1. The lowest BCUT2D eigenvalue weighted by molar-refractivity contribution is 0.253. The third kappa shape index (κ3) is 3.14. The highest BCUT2D eigenvalue weighted by Crippen LogP contribution is 2.28. The minimum Gasteiger partial charge on any atom is -0.493 e. The molecule has 1 aliphatic rings. The van der Waals surface area contributed by atoms with Gasteiger partial charge in [0.1, 0.15) is 11.6 Å². The number of fused-ring (bicyclic) bond motifs is 1. The molecule has 1 heterocycles. The van der Waals surface area contributed by atoms with E-state index in [1.807, 2.05) is 0 Å². The molecular weight excluding hydrogens is 282 g/mol. The number of amides is 1. The number of anilines is 1. The zero-order valence-corrected chi connectivity index (χ0v) is 11.5. The number of carbonyl (C=O) groups is 1. The smallest absolute Gasteiger partial charge is 0.357 e. The summed E-state index contributed by atoms with van der Waals surface area (Å²) in [6, 6.07) is 5.04. The lowest BCUT2D eigenvalue weighted by atomic mass is 10.1. The Morgan fingerprint density at radius 3 is 2.95 bits per heavy atom. The molecule has 1 aromatic rings. The van der Waals surface area contributed by atoms with E-state index in [4.69, 9.17) is 15.6 Å². The number of nitrogens with one attached hydrogen (secondary N) is 1. The Bertz CT molecular complexity index is 574. The molecule has 4 N–H and O–H groups in total. The summed E-state index contributed by atoms with van der Waals surface area (Å²) in [5.41, 5.74) is 6.63. The first-order valence-electron chi connectivity index (χ1n) is 6.07. The number of nitrogens with two attached hydrogens (primary N) is 1. The zero-order valence-electron chi connectivity index (χ0n) is 10.7. The van der Waals surface area contributed by atoms with Crippen molar-refractivity contribution in [1.82, 2.24) is 0 Å². The topological polar surface area (TPSA) is 114 Å². The Hall–Kier alpha value is -1.93.